The van der Waals surface area contributed by atoms with Gasteiger partial charge in [0.15, 0.2) is 12.4 Å². The van der Waals surface area contributed by atoms with E-state index in [0.717, 1.165) is 6.54 Å². The summed E-state index contributed by atoms with van der Waals surface area (Å²) in [6.07, 6.45) is 4.10. The van der Waals surface area contributed by atoms with Gasteiger partial charge < -0.3 is 0 Å². The van der Waals surface area contributed by atoms with Gasteiger partial charge in [0, 0.05) is 41.0 Å². The van der Waals surface area contributed by atoms with Crippen molar-refractivity contribution in [2.45, 2.75) is 6.54 Å². The van der Waals surface area contributed by atoms with Gasteiger partial charge in [0.25, 0.3) is 0 Å². The molecule has 1 N–H and O–H groups in total. The molecule has 0 aromatic carbocycles. The minimum Gasteiger partial charge on any atom is -0.256 e. The fourth-order valence-corrected chi connectivity index (χ4v) is 1.66. The highest BCUT2D eigenvalue weighted by Gasteiger charge is 1.96. The van der Waals surface area contributed by atoms with Crippen LogP contribution in [0.3, 0.4) is 0 Å². The van der Waals surface area contributed by atoms with E-state index in [1.54, 1.807) is 0 Å². The Hall–Kier alpha value is 0.570. The van der Waals surface area contributed by atoms with Crippen molar-refractivity contribution in [3.63, 3.8) is 0 Å². The van der Waals surface area contributed by atoms with Crippen molar-refractivity contribution >= 4 is 45.7 Å². The zero-order valence-corrected chi connectivity index (χ0v) is 9.53. The maximum absolute atomic E-state index is 3.06. The molecule has 0 amide bonds. The first-order valence-corrected chi connectivity index (χ1v) is 4.87. The van der Waals surface area contributed by atoms with Gasteiger partial charge >= 0.3 is 22.9 Å². The van der Waals surface area contributed by atoms with E-state index in [4.69, 9.17) is 0 Å². The summed E-state index contributed by atoms with van der Waals surface area (Å²) in [4.78, 5) is 0. The van der Waals surface area contributed by atoms with E-state index in [0.29, 0.717) is 0 Å². The minimum atomic E-state index is 0.921. The molecule has 0 aliphatic carbocycles. The average Bonchev–Trinajstić information content (AvgIpc) is 1.88. The number of aromatic nitrogens is 1. The normalized spacial score (nSPS) is 9.80. The molecule has 1 aromatic rings. The van der Waals surface area contributed by atoms with E-state index in [1.165, 1.54) is 5.56 Å². The topological polar surface area (TPSA) is 15.9 Å². The van der Waals surface area contributed by atoms with Crippen LogP contribution in [0.15, 0.2) is 24.5 Å². The van der Waals surface area contributed by atoms with Gasteiger partial charge in [0.1, 0.15) is 0 Å². The highest BCUT2D eigenvalue weighted by atomic mass is 127. The zero-order valence-electron chi connectivity index (χ0n) is 5.22. The van der Waals surface area contributed by atoms with Gasteiger partial charge in [0.05, 0.1) is 0 Å². The van der Waals surface area contributed by atoms with Crippen LogP contribution in [0, 0.1) is 0 Å². The molecular formula is C6H7I2N2+. The number of halogens is 2. The van der Waals surface area contributed by atoms with E-state index in [2.05, 4.69) is 61.5 Å². The van der Waals surface area contributed by atoms with Crippen LogP contribution >= 0.6 is 45.7 Å². The minimum absolute atomic E-state index is 0.921. The number of pyridine rings is 1. The monoisotopic (exact) mass is 361 g/mol. The van der Waals surface area contributed by atoms with Crippen molar-refractivity contribution in [2.24, 2.45) is 0 Å². The third-order valence-corrected chi connectivity index (χ3v) is 2.08. The lowest BCUT2D eigenvalue weighted by Gasteiger charge is -1.92. The third-order valence-electron chi connectivity index (χ3n) is 1.10. The van der Waals surface area contributed by atoms with Gasteiger partial charge in [-0.05, 0) is 6.07 Å². The first-order valence-electron chi connectivity index (χ1n) is 2.83. The van der Waals surface area contributed by atoms with Gasteiger partial charge in [-0.15, -0.1) is 2.78 Å². The molecule has 4 heteroatoms. The summed E-state index contributed by atoms with van der Waals surface area (Å²) >= 11 is 4.37. The van der Waals surface area contributed by atoms with Crippen molar-refractivity contribution in [3.05, 3.63) is 30.1 Å². The molecule has 54 valence electrons. The van der Waals surface area contributed by atoms with E-state index < -0.39 is 0 Å². The molecule has 1 aromatic heterocycles. The predicted octanol–water partition coefficient (Wildman–Crippen LogP) is 1.61. The second kappa shape index (κ2) is 4.45. The third kappa shape index (κ3) is 2.67. The molecule has 0 fully saturated rings. The van der Waals surface area contributed by atoms with Crippen LogP contribution < -0.4 is 6.31 Å². The van der Waals surface area contributed by atoms with Crippen molar-refractivity contribution < 1.29 is 2.78 Å². The van der Waals surface area contributed by atoms with Crippen LogP contribution in [0.25, 0.3) is 0 Å². The summed E-state index contributed by atoms with van der Waals surface area (Å²) in [7, 11) is 0. The molecule has 2 nitrogen and oxygen atoms in total. The predicted molar refractivity (Wildman–Crippen MR) is 56.9 cm³/mol. The summed E-state index contributed by atoms with van der Waals surface area (Å²) in [5, 5.41) is 0. The molecular weight excluding hydrogens is 354 g/mol. The Balaban J connectivity index is 2.75. The number of rotatable bonds is 2. The van der Waals surface area contributed by atoms with Gasteiger partial charge in [-0.25, -0.2) is 0 Å². The van der Waals surface area contributed by atoms with Gasteiger partial charge in [-0.1, -0.05) is 0 Å². The molecule has 0 radical (unpaired) electrons. The summed E-state index contributed by atoms with van der Waals surface area (Å²) in [6, 6.07) is 4.14. The van der Waals surface area contributed by atoms with Crippen LogP contribution in [0.4, 0.5) is 0 Å². The smallest absolute Gasteiger partial charge is 0.256 e. The average molecular weight is 361 g/mol. The molecule has 0 spiro atoms. The lowest BCUT2D eigenvalue weighted by Crippen LogP contribution is -2.18. The molecule has 0 atom stereocenters. The number of hydrogen-bond acceptors (Lipinski definition) is 1. The summed E-state index contributed by atoms with van der Waals surface area (Å²) in [6.45, 7) is 0.921. The van der Waals surface area contributed by atoms with Crippen molar-refractivity contribution in [3.8, 4) is 0 Å². The quantitative estimate of drug-likeness (QED) is 0.626. The highest BCUT2D eigenvalue weighted by molar-refractivity contribution is 14.1. The van der Waals surface area contributed by atoms with Crippen LogP contribution in [0.2, 0.25) is 0 Å². The molecule has 0 saturated carbocycles. The molecule has 1 heterocycles. The molecule has 0 unspecified atom stereocenters. The van der Waals surface area contributed by atoms with E-state index in [-0.39, 0.29) is 0 Å². The Morgan fingerprint density at radius 2 is 2.40 bits per heavy atom. The molecule has 0 bridgehead atoms. The van der Waals surface area contributed by atoms with Crippen molar-refractivity contribution in [1.29, 1.82) is 0 Å². The Bertz CT molecular complexity index is 215. The molecule has 1 rings (SSSR count). The van der Waals surface area contributed by atoms with Crippen LogP contribution in [-0.2, 0) is 6.54 Å². The lowest BCUT2D eigenvalue weighted by molar-refractivity contribution is -0.440. The maximum atomic E-state index is 3.06. The maximum Gasteiger partial charge on any atom is 0.353 e. The standard InChI is InChI=1S/C6H7I2N2/c7-9-4-6-2-1-3-10(8)5-6/h1-3,5,9H,4H2/q+1. The largest absolute Gasteiger partial charge is 0.353 e. The Morgan fingerprint density at radius 3 is 3.00 bits per heavy atom. The molecule has 10 heavy (non-hydrogen) atoms. The summed E-state index contributed by atoms with van der Waals surface area (Å²) in [5.41, 5.74) is 1.30. The van der Waals surface area contributed by atoms with Crippen molar-refractivity contribution in [2.75, 3.05) is 0 Å². The van der Waals surface area contributed by atoms with Crippen LogP contribution in [-0.4, -0.2) is 0 Å². The van der Waals surface area contributed by atoms with Gasteiger partial charge in [-0.2, -0.15) is 0 Å². The zero-order chi connectivity index (χ0) is 7.40. The Kier molecular flexibility index (Phi) is 3.85. The van der Waals surface area contributed by atoms with E-state index in [1.807, 2.05) is 15.0 Å². The fourth-order valence-electron chi connectivity index (χ4n) is 0.675. The molecule has 0 saturated heterocycles. The Labute approximate surface area is 88.0 Å². The number of nitrogens with zero attached hydrogens (tertiary/aromatic N) is 1. The molecule has 0 aliphatic rings. The van der Waals surface area contributed by atoms with Gasteiger partial charge in [-0.3, -0.25) is 3.53 Å². The van der Waals surface area contributed by atoms with Crippen LogP contribution in [0.5, 0.6) is 0 Å². The molecule has 0 aliphatic heterocycles. The number of hydrogen-bond donors (Lipinski definition) is 1. The van der Waals surface area contributed by atoms with E-state index >= 15 is 0 Å². The fraction of sp³-hybridized carbons (Fsp3) is 0.167. The van der Waals surface area contributed by atoms with Gasteiger partial charge in [0.2, 0.25) is 0 Å². The SMILES string of the molecule is INCc1ccc[n+](I)c1. The first kappa shape index (κ1) is 8.66. The highest BCUT2D eigenvalue weighted by Crippen LogP contribution is 1.95. The second-order valence-corrected chi connectivity index (χ2v) is 3.74. The Morgan fingerprint density at radius 1 is 1.60 bits per heavy atom. The van der Waals surface area contributed by atoms with E-state index in [9.17, 15) is 0 Å². The first-order chi connectivity index (χ1) is 4.83. The summed E-state index contributed by atoms with van der Waals surface area (Å²) < 4.78 is 5.08. The van der Waals surface area contributed by atoms with Crippen molar-refractivity contribution in [1.82, 2.24) is 3.53 Å². The summed E-state index contributed by atoms with van der Waals surface area (Å²) in [5.74, 6) is 0. The second-order valence-electron chi connectivity index (χ2n) is 1.87. The number of nitrogens with one attached hydrogen (secondary N) is 1. The lowest BCUT2D eigenvalue weighted by atomic mass is 10.3. The van der Waals surface area contributed by atoms with Crippen LogP contribution in [0.1, 0.15) is 5.56 Å².